The highest BCUT2D eigenvalue weighted by Gasteiger charge is 2.27. The van der Waals surface area contributed by atoms with E-state index in [1.807, 2.05) is 24.3 Å². The molecule has 1 aromatic rings. The maximum Gasteiger partial charge on any atom is 0.119 e. The minimum Gasteiger partial charge on any atom is -0.493 e. The van der Waals surface area contributed by atoms with Crippen LogP contribution in [-0.4, -0.2) is 12.4 Å². The summed E-state index contributed by atoms with van der Waals surface area (Å²) in [5, 5.41) is 8.66. The molecule has 0 saturated carbocycles. The second-order valence-corrected chi connectivity index (χ2v) is 5.74. The van der Waals surface area contributed by atoms with Crippen molar-refractivity contribution in [1.29, 1.82) is 5.26 Å². The monoisotopic (exact) mass is 291 g/mol. The topological polar surface area (TPSA) is 33.0 Å². The largest absolute Gasteiger partial charge is 0.493 e. The molecule has 0 atom stereocenters. The minimum atomic E-state index is 0.179. The molecular weight excluding hydrogens is 266 g/mol. The molecule has 0 saturated heterocycles. The SMILES string of the molecule is CCCC(CS)(CCC)COc1ccc(CC#N)cc1. The molecule has 0 heterocycles. The highest BCUT2D eigenvalue weighted by molar-refractivity contribution is 7.80. The predicted molar refractivity (Wildman–Crippen MR) is 87.4 cm³/mol. The molecular formula is C17H25NOS. The van der Waals surface area contributed by atoms with Gasteiger partial charge in [0.1, 0.15) is 5.75 Å². The van der Waals surface area contributed by atoms with Crippen molar-refractivity contribution in [1.82, 2.24) is 0 Å². The van der Waals surface area contributed by atoms with Gasteiger partial charge in [-0.3, -0.25) is 0 Å². The zero-order valence-electron chi connectivity index (χ0n) is 12.6. The van der Waals surface area contributed by atoms with Gasteiger partial charge in [-0.2, -0.15) is 17.9 Å². The third-order valence-corrected chi connectivity index (χ3v) is 4.32. The fourth-order valence-electron chi connectivity index (χ4n) is 2.56. The standard InChI is InChI=1S/C17H25NOS/c1-3-10-17(14-20,11-4-2)13-19-16-7-5-15(6-8-16)9-12-18/h5-8,20H,3-4,9-11,13-14H2,1-2H3. The lowest BCUT2D eigenvalue weighted by molar-refractivity contribution is 0.143. The summed E-state index contributed by atoms with van der Waals surface area (Å²) in [5.74, 6) is 1.74. The van der Waals surface area contributed by atoms with Crippen LogP contribution in [0.15, 0.2) is 24.3 Å². The molecule has 110 valence electrons. The van der Waals surface area contributed by atoms with Crippen molar-refractivity contribution in [2.75, 3.05) is 12.4 Å². The Morgan fingerprint density at radius 3 is 2.20 bits per heavy atom. The average molecular weight is 291 g/mol. The van der Waals surface area contributed by atoms with E-state index < -0.39 is 0 Å². The lowest BCUT2D eigenvalue weighted by Gasteiger charge is -2.31. The van der Waals surface area contributed by atoms with E-state index in [1.54, 1.807) is 0 Å². The molecule has 0 aromatic heterocycles. The van der Waals surface area contributed by atoms with Gasteiger partial charge >= 0.3 is 0 Å². The summed E-state index contributed by atoms with van der Waals surface area (Å²) in [4.78, 5) is 0. The zero-order valence-corrected chi connectivity index (χ0v) is 13.5. The van der Waals surface area contributed by atoms with Crippen molar-refractivity contribution in [3.05, 3.63) is 29.8 Å². The van der Waals surface area contributed by atoms with E-state index in [1.165, 1.54) is 0 Å². The van der Waals surface area contributed by atoms with Gasteiger partial charge in [0.25, 0.3) is 0 Å². The van der Waals surface area contributed by atoms with Crippen LogP contribution in [0.1, 0.15) is 45.1 Å². The zero-order chi connectivity index (χ0) is 14.8. The number of ether oxygens (including phenoxy) is 1. The maximum absolute atomic E-state index is 8.66. The van der Waals surface area contributed by atoms with Crippen molar-refractivity contribution in [3.8, 4) is 11.8 Å². The van der Waals surface area contributed by atoms with Crippen molar-refractivity contribution < 1.29 is 4.74 Å². The molecule has 0 unspecified atom stereocenters. The molecule has 0 fully saturated rings. The van der Waals surface area contributed by atoms with E-state index in [2.05, 4.69) is 32.5 Å². The summed E-state index contributed by atoms with van der Waals surface area (Å²) in [6.45, 7) is 5.14. The molecule has 0 aliphatic carbocycles. The number of thiol groups is 1. The molecule has 0 spiro atoms. The second-order valence-electron chi connectivity index (χ2n) is 5.43. The molecule has 0 aliphatic heterocycles. The first-order chi connectivity index (χ1) is 9.69. The quantitative estimate of drug-likeness (QED) is 0.672. The summed E-state index contributed by atoms with van der Waals surface area (Å²) >= 11 is 4.54. The second kappa shape index (κ2) is 8.92. The summed E-state index contributed by atoms with van der Waals surface area (Å²) in [6.07, 6.45) is 5.07. The molecule has 0 radical (unpaired) electrons. The highest BCUT2D eigenvalue weighted by Crippen LogP contribution is 2.32. The molecule has 0 amide bonds. The molecule has 20 heavy (non-hydrogen) atoms. The van der Waals surface area contributed by atoms with E-state index >= 15 is 0 Å². The Labute approximate surface area is 128 Å². The van der Waals surface area contributed by atoms with E-state index in [0.29, 0.717) is 6.42 Å². The van der Waals surface area contributed by atoms with Crippen LogP contribution in [0.5, 0.6) is 5.75 Å². The van der Waals surface area contributed by atoms with Crippen LogP contribution in [0.4, 0.5) is 0 Å². The molecule has 0 aliphatic rings. The van der Waals surface area contributed by atoms with Crippen LogP contribution in [-0.2, 0) is 6.42 Å². The minimum absolute atomic E-state index is 0.179. The molecule has 3 heteroatoms. The lowest BCUT2D eigenvalue weighted by atomic mass is 9.82. The van der Waals surface area contributed by atoms with Gasteiger partial charge in [-0.1, -0.05) is 38.8 Å². The number of hydrogen-bond donors (Lipinski definition) is 1. The Hall–Kier alpha value is -1.14. The molecule has 2 nitrogen and oxygen atoms in total. The maximum atomic E-state index is 8.66. The first kappa shape index (κ1) is 16.9. The fourth-order valence-corrected chi connectivity index (χ4v) is 2.97. The van der Waals surface area contributed by atoms with Crippen molar-refractivity contribution >= 4 is 12.6 Å². The van der Waals surface area contributed by atoms with Crippen LogP contribution in [0.2, 0.25) is 0 Å². The van der Waals surface area contributed by atoms with E-state index in [4.69, 9.17) is 10.00 Å². The van der Waals surface area contributed by atoms with Crippen molar-refractivity contribution in [2.24, 2.45) is 5.41 Å². The predicted octanol–water partition coefficient (Wildman–Crippen LogP) is 4.65. The molecule has 1 aromatic carbocycles. The van der Waals surface area contributed by atoms with Gasteiger partial charge in [0, 0.05) is 5.41 Å². The Morgan fingerprint density at radius 1 is 1.15 bits per heavy atom. The van der Waals surface area contributed by atoms with Gasteiger partial charge in [0.2, 0.25) is 0 Å². The number of hydrogen-bond acceptors (Lipinski definition) is 3. The number of nitriles is 1. The average Bonchev–Trinajstić information content (AvgIpc) is 2.47. The highest BCUT2D eigenvalue weighted by atomic mass is 32.1. The van der Waals surface area contributed by atoms with Gasteiger partial charge in [-0.25, -0.2) is 0 Å². The normalized spacial score (nSPS) is 11.1. The third-order valence-electron chi connectivity index (χ3n) is 3.65. The lowest BCUT2D eigenvalue weighted by Crippen LogP contribution is -2.30. The first-order valence-electron chi connectivity index (χ1n) is 7.39. The van der Waals surface area contributed by atoms with Crippen LogP contribution in [0.25, 0.3) is 0 Å². The van der Waals surface area contributed by atoms with Gasteiger partial charge in [0.15, 0.2) is 0 Å². The van der Waals surface area contributed by atoms with E-state index in [-0.39, 0.29) is 5.41 Å². The number of rotatable bonds is 9. The third kappa shape index (κ3) is 5.09. The van der Waals surface area contributed by atoms with Crippen LogP contribution < -0.4 is 4.74 Å². The Kier molecular flexibility index (Phi) is 7.54. The number of nitrogens with zero attached hydrogens (tertiary/aromatic N) is 1. The van der Waals surface area contributed by atoms with Crippen molar-refractivity contribution in [3.63, 3.8) is 0 Å². The van der Waals surface area contributed by atoms with Crippen LogP contribution in [0.3, 0.4) is 0 Å². The molecule has 1 rings (SSSR count). The van der Waals surface area contributed by atoms with Gasteiger partial charge < -0.3 is 4.74 Å². The van der Waals surface area contributed by atoms with Gasteiger partial charge in [0.05, 0.1) is 19.1 Å². The summed E-state index contributed by atoms with van der Waals surface area (Å²) in [5.41, 5.74) is 1.21. The van der Waals surface area contributed by atoms with Gasteiger partial charge in [-0.15, -0.1) is 0 Å². The Balaban J connectivity index is 2.64. The van der Waals surface area contributed by atoms with Gasteiger partial charge in [-0.05, 0) is 36.3 Å². The summed E-state index contributed by atoms with van der Waals surface area (Å²) in [6, 6.07) is 9.97. The summed E-state index contributed by atoms with van der Waals surface area (Å²) in [7, 11) is 0. The van der Waals surface area contributed by atoms with Crippen LogP contribution in [0, 0.1) is 16.7 Å². The molecule has 0 bridgehead atoms. The van der Waals surface area contributed by atoms with Crippen LogP contribution >= 0.6 is 12.6 Å². The van der Waals surface area contributed by atoms with E-state index in [0.717, 1.165) is 49.4 Å². The van der Waals surface area contributed by atoms with E-state index in [9.17, 15) is 0 Å². The number of benzene rings is 1. The smallest absolute Gasteiger partial charge is 0.119 e. The summed E-state index contributed by atoms with van der Waals surface area (Å²) < 4.78 is 5.97. The van der Waals surface area contributed by atoms with Crippen molar-refractivity contribution in [2.45, 2.75) is 46.0 Å². The Bertz CT molecular complexity index is 416. The first-order valence-corrected chi connectivity index (χ1v) is 8.02. The Morgan fingerprint density at radius 2 is 1.75 bits per heavy atom. The molecule has 0 N–H and O–H groups in total. The fraction of sp³-hybridized carbons (Fsp3) is 0.588.